The number of halogens is 1. The van der Waals surface area contributed by atoms with E-state index in [2.05, 4.69) is 5.32 Å². The van der Waals surface area contributed by atoms with Crippen LogP contribution in [0.5, 0.6) is 0 Å². The van der Waals surface area contributed by atoms with Crippen molar-refractivity contribution in [1.82, 2.24) is 0 Å². The van der Waals surface area contributed by atoms with Crippen LogP contribution in [0.25, 0.3) is 0 Å². The van der Waals surface area contributed by atoms with Crippen LogP contribution in [-0.2, 0) is 27.0 Å². The van der Waals surface area contributed by atoms with Crippen LogP contribution in [0.2, 0.25) is 5.02 Å². The highest BCUT2D eigenvalue weighted by atomic mass is 35.5. The van der Waals surface area contributed by atoms with Crippen molar-refractivity contribution in [2.45, 2.75) is 28.9 Å². The molecule has 1 amide bonds. The second-order valence-electron chi connectivity index (χ2n) is 8.27. The van der Waals surface area contributed by atoms with Gasteiger partial charge in [0.25, 0.3) is 10.0 Å². The molecule has 5 nitrogen and oxygen atoms in total. The van der Waals surface area contributed by atoms with Gasteiger partial charge in [0, 0.05) is 15.7 Å². The maximum absolute atomic E-state index is 13.7. The Hall–Kier alpha value is -3.26. The Morgan fingerprint density at radius 3 is 2.24 bits per heavy atom. The molecule has 0 saturated carbocycles. The summed E-state index contributed by atoms with van der Waals surface area (Å²) >= 11 is 7.57. The molecule has 4 rings (SSSR count). The van der Waals surface area contributed by atoms with Gasteiger partial charge in [-0.15, -0.1) is 11.8 Å². The minimum Gasteiger partial charge on any atom is -0.323 e. The highest BCUT2D eigenvalue weighted by molar-refractivity contribution is 7.98. The molecular formula is C29H27ClN2O3S2. The average molecular weight is 551 g/mol. The number of carbonyl (C=O) groups is 1. The summed E-state index contributed by atoms with van der Waals surface area (Å²) in [4.78, 5) is 14.3. The summed E-state index contributed by atoms with van der Waals surface area (Å²) in [6.45, 7) is 1.60. The third-order valence-electron chi connectivity index (χ3n) is 5.73. The highest BCUT2D eigenvalue weighted by Crippen LogP contribution is 2.31. The fourth-order valence-corrected chi connectivity index (χ4v) is 6.40. The Kier molecular flexibility index (Phi) is 8.92. The van der Waals surface area contributed by atoms with Gasteiger partial charge >= 0.3 is 0 Å². The summed E-state index contributed by atoms with van der Waals surface area (Å²) < 4.78 is 28.5. The molecule has 0 atom stereocenters. The summed E-state index contributed by atoms with van der Waals surface area (Å²) in [7, 11) is -3.98. The Bertz CT molecular complexity index is 1460. The summed E-state index contributed by atoms with van der Waals surface area (Å²) in [6, 6.07) is 30.6. The van der Waals surface area contributed by atoms with Crippen LogP contribution in [0, 0.1) is 0 Å². The van der Waals surface area contributed by atoms with Gasteiger partial charge < -0.3 is 5.32 Å². The van der Waals surface area contributed by atoms with Crippen LogP contribution in [-0.4, -0.2) is 20.9 Å². The van der Waals surface area contributed by atoms with Crippen molar-refractivity contribution in [2.75, 3.05) is 16.2 Å². The summed E-state index contributed by atoms with van der Waals surface area (Å²) in [5.41, 5.74) is 3.07. The number of sulfonamides is 1. The number of benzene rings is 4. The molecule has 0 unspecified atom stereocenters. The van der Waals surface area contributed by atoms with E-state index in [0.717, 1.165) is 16.0 Å². The van der Waals surface area contributed by atoms with E-state index in [1.54, 1.807) is 42.1 Å². The van der Waals surface area contributed by atoms with Gasteiger partial charge in [-0.2, -0.15) is 0 Å². The van der Waals surface area contributed by atoms with Crippen molar-refractivity contribution in [3.05, 3.63) is 119 Å². The number of nitrogens with zero attached hydrogens (tertiary/aromatic N) is 1. The topological polar surface area (TPSA) is 66.5 Å². The summed E-state index contributed by atoms with van der Waals surface area (Å²) in [5.74, 6) is 0.271. The summed E-state index contributed by atoms with van der Waals surface area (Å²) in [5, 5.41) is 3.61. The Balaban J connectivity index is 1.58. The maximum atomic E-state index is 13.7. The molecule has 0 fully saturated rings. The second kappa shape index (κ2) is 12.3. The minimum atomic E-state index is -3.98. The van der Waals surface area contributed by atoms with Crippen LogP contribution in [0.3, 0.4) is 0 Å². The molecule has 37 heavy (non-hydrogen) atoms. The third-order valence-corrected chi connectivity index (χ3v) is 8.90. The average Bonchev–Trinajstić information content (AvgIpc) is 2.92. The zero-order valence-corrected chi connectivity index (χ0v) is 22.7. The van der Waals surface area contributed by atoms with Gasteiger partial charge in [0.2, 0.25) is 5.91 Å². The first-order valence-electron chi connectivity index (χ1n) is 11.8. The maximum Gasteiger partial charge on any atom is 0.264 e. The second-order valence-corrected chi connectivity index (χ2v) is 11.6. The molecule has 8 heteroatoms. The first kappa shape index (κ1) is 26.8. The zero-order chi connectivity index (χ0) is 26.3. The number of para-hydroxylation sites is 2. The van der Waals surface area contributed by atoms with Crippen LogP contribution in [0.4, 0.5) is 11.4 Å². The van der Waals surface area contributed by atoms with E-state index < -0.39 is 15.9 Å². The number of hydrogen-bond donors (Lipinski definition) is 1. The lowest BCUT2D eigenvalue weighted by Crippen LogP contribution is -2.38. The first-order chi connectivity index (χ1) is 17.9. The molecule has 0 heterocycles. The largest absolute Gasteiger partial charge is 0.323 e. The molecule has 0 radical (unpaired) electrons. The lowest BCUT2D eigenvalue weighted by molar-refractivity contribution is -0.114. The molecule has 0 aliphatic rings. The molecular weight excluding hydrogens is 524 g/mol. The summed E-state index contributed by atoms with van der Waals surface area (Å²) in [6.07, 6.45) is 0.628. The van der Waals surface area contributed by atoms with Gasteiger partial charge in [-0.05, 0) is 60.0 Å². The SMILES string of the molecule is CCc1ccccc1N(CC(=O)Nc1ccccc1SCc1ccc(Cl)cc1)S(=O)(=O)c1ccccc1. The number of carbonyl (C=O) groups excluding carboxylic acids is 1. The van der Waals surface area contributed by atoms with Crippen molar-refractivity contribution >= 4 is 50.7 Å². The monoisotopic (exact) mass is 550 g/mol. The van der Waals surface area contributed by atoms with Crippen LogP contribution in [0.1, 0.15) is 18.1 Å². The molecule has 190 valence electrons. The lowest BCUT2D eigenvalue weighted by Gasteiger charge is -2.26. The van der Waals surface area contributed by atoms with Crippen molar-refractivity contribution in [2.24, 2.45) is 0 Å². The molecule has 1 N–H and O–H groups in total. The lowest BCUT2D eigenvalue weighted by atomic mass is 10.1. The van der Waals surface area contributed by atoms with E-state index in [4.69, 9.17) is 11.6 Å². The van der Waals surface area contributed by atoms with Gasteiger partial charge in [-0.25, -0.2) is 8.42 Å². The van der Waals surface area contributed by atoms with E-state index in [9.17, 15) is 13.2 Å². The van der Waals surface area contributed by atoms with Crippen molar-refractivity contribution in [3.8, 4) is 0 Å². The smallest absolute Gasteiger partial charge is 0.264 e. The van der Waals surface area contributed by atoms with E-state index in [1.165, 1.54) is 16.4 Å². The molecule has 0 aliphatic heterocycles. The Morgan fingerprint density at radius 1 is 0.865 bits per heavy atom. The molecule has 4 aromatic rings. The van der Waals surface area contributed by atoms with E-state index in [-0.39, 0.29) is 11.4 Å². The fourth-order valence-electron chi connectivity index (χ4n) is 3.83. The molecule has 0 saturated heterocycles. The third kappa shape index (κ3) is 6.74. The van der Waals surface area contributed by atoms with Gasteiger partial charge in [0.05, 0.1) is 16.3 Å². The number of rotatable bonds is 10. The highest BCUT2D eigenvalue weighted by Gasteiger charge is 2.28. The predicted molar refractivity (Wildman–Crippen MR) is 153 cm³/mol. The molecule has 4 aromatic carbocycles. The minimum absolute atomic E-state index is 0.132. The number of anilines is 2. The van der Waals surface area contributed by atoms with E-state index in [1.807, 2.05) is 67.6 Å². The normalized spacial score (nSPS) is 11.2. The molecule has 0 aliphatic carbocycles. The van der Waals surface area contributed by atoms with Crippen molar-refractivity contribution < 1.29 is 13.2 Å². The van der Waals surface area contributed by atoms with Gasteiger partial charge in [-0.3, -0.25) is 9.10 Å². The number of thioether (sulfide) groups is 1. The molecule has 0 spiro atoms. The zero-order valence-electron chi connectivity index (χ0n) is 20.3. The quantitative estimate of drug-likeness (QED) is 0.215. The fraction of sp³-hybridized carbons (Fsp3) is 0.138. The predicted octanol–water partition coefficient (Wildman–Crippen LogP) is 7.03. The van der Waals surface area contributed by atoms with Crippen molar-refractivity contribution in [1.29, 1.82) is 0 Å². The molecule has 0 bridgehead atoms. The van der Waals surface area contributed by atoms with Gasteiger partial charge in [0.1, 0.15) is 6.54 Å². The Labute approximate surface area is 227 Å². The first-order valence-corrected chi connectivity index (χ1v) is 14.6. The number of hydrogen-bond acceptors (Lipinski definition) is 4. The standard InChI is InChI=1S/C29H27ClN2O3S2/c1-2-23-10-6-8-14-27(23)32(37(34,35)25-11-4-3-5-12-25)20-29(33)31-26-13-7-9-15-28(26)36-21-22-16-18-24(30)19-17-22/h3-19H,2,20-21H2,1H3,(H,31,33). The molecule has 0 aromatic heterocycles. The van der Waals surface area contributed by atoms with Gasteiger partial charge in [-0.1, -0.05) is 79.2 Å². The van der Waals surface area contributed by atoms with Crippen molar-refractivity contribution in [3.63, 3.8) is 0 Å². The number of amides is 1. The van der Waals surface area contributed by atoms with E-state index >= 15 is 0 Å². The van der Waals surface area contributed by atoms with Crippen LogP contribution in [0.15, 0.2) is 113 Å². The Morgan fingerprint density at radius 2 is 1.51 bits per heavy atom. The number of aryl methyl sites for hydroxylation is 1. The van der Waals surface area contributed by atoms with Crippen LogP contribution < -0.4 is 9.62 Å². The van der Waals surface area contributed by atoms with Crippen LogP contribution >= 0.6 is 23.4 Å². The van der Waals surface area contributed by atoms with Gasteiger partial charge in [0.15, 0.2) is 0 Å². The van der Waals surface area contributed by atoms with E-state index in [0.29, 0.717) is 28.6 Å². The number of nitrogens with one attached hydrogen (secondary N) is 1.